The summed E-state index contributed by atoms with van der Waals surface area (Å²) in [5, 5.41) is 3.37. The number of amides is 2. The Balaban J connectivity index is 1.75. The lowest BCUT2D eigenvalue weighted by atomic mass is 10.0. The van der Waals surface area contributed by atoms with E-state index in [9.17, 15) is 9.59 Å². The number of carbonyl (C=O) groups is 2. The second-order valence-electron chi connectivity index (χ2n) is 5.77. The van der Waals surface area contributed by atoms with Crippen molar-refractivity contribution in [3.8, 4) is 11.5 Å². The third-order valence-electron chi connectivity index (χ3n) is 4.14. The zero-order chi connectivity index (χ0) is 18.5. The summed E-state index contributed by atoms with van der Waals surface area (Å²) < 4.78 is 10.8. The molecule has 26 heavy (non-hydrogen) atoms. The summed E-state index contributed by atoms with van der Waals surface area (Å²) in [4.78, 5) is 26.6. The molecule has 6 nitrogen and oxygen atoms in total. The molecule has 1 heterocycles. The molecule has 1 aliphatic rings. The van der Waals surface area contributed by atoms with Gasteiger partial charge in [0.1, 0.15) is 6.04 Å². The van der Waals surface area contributed by atoms with E-state index in [1.807, 2.05) is 6.07 Å². The van der Waals surface area contributed by atoms with Crippen LogP contribution < -0.4 is 14.8 Å². The molecule has 1 saturated heterocycles. The molecule has 1 aliphatic heterocycles. The molecule has 2 aromatic rings. The number of benzene rings is 2. The Morgan fingerprint density at radius 3 is 2.58 bits per heavy atom. The highest BCUT2D eigenvalue weighted by Crippen LogP contribution is 2.27. The van der Waals surface area contributed by atoms with E-state index in [2.05, 4.69) is 5.32 Å². The Labute approximate surface area is 156 Å². The van der Waals surface area contributed by atoms with E-state index < -0.39 is 6.04 Å². The lowest BCUT2D eigenvalue weighted by Crippen LogP contribution is -2.53. The molecule has 0 bridgehead atoms. The molecule has 1 N–H and O–H groups in total. The van der Waals surface area contributed by atoms with Crippen LogP contribution in [0, 0.1) is 0 Å². The zero-order valence-electron chi connectivity index (χ0n) is 14.3. The van der Waals surface area contributed by atoms with Gasteiger partial charge in [0.25, 0.3) is 5.91 Å². The average molecular weight is 375 g/mol. The molecule has 0 saturated carbocycles. The Kier molecular flexibility index (Phi) is 5.63. The Morgan fingerprint density at radius 1 is 1.19 bits per heavy atom. The largest absolute Gasteiger partial charge is 0.493 e. The van der Waals surface area contributed by atoms with Crippen LogP contribution in [-0.4, -0.2) is 43.5 Å². The number of halogens is 1. The van der Waals surface area contributed by atoms with Crippen LogP contribution in [0.1, 0.15) is 11.6 Å². The summed E-state index contributed by atoms with van der Waals surface area (Å²) in [5.41, 5.74) is 0.706. The second kappa shape index (κ2) is 8.10. The number of hydrogen-bond acceptors (Lipinski definition) is 4. The average Bonchev–Trinajstić information content (AvgIpc) is 2.67. The molecule has 3 rings (SSSR count). The van der Waals surface area contributed by atoms with E-state index in [0.717, 1.165) is 0 Å². The minimum Gasteiger partial charge on any atom is -0.493 e. The number of rotatable bonds is 5. The summed E-state index contributed by atoms with van der Waals surface area (Å²) >= 11 is 5.92. The van der Waals surface area contributed by atoms with E-state index in [4.69, 9.17) is 21.1 Å². The van der Waals surface area contributed by atoms with Gasteiger partial charge in [-0.25, -0.2) is 0 Å². The fourth-order valence-electron chi connectivity index (χ4n) is 2.87. The van der Waals surface area contributed by atoms with Crippen molar-refractivity contribution in [3.63, 3.8) is 0 Å². The van der Waals surface area contributed by atoms with Gasteiger partial charge in [0, 0.05) is 18.1 Å². The molecule has 0 radical (unpaired) electrons. The van der Waals surface area contributed by atoms with Crippen molar-refractivity contribution in [2.45, 2.75) is 6.04 Å². The molecular formula is C19H19ClN2O4. The van der Waals surface area contributed by atoms with Crippen molar-refractivity contribution in [1.82, 2.24) is 10.2 Å². The van der Waals surface area contributed by atoms with Crippen molar-refractivity contribution in [2.24, 2.45) is 0 Å². The maximum Gasteiger partial charge on any atom is 0.261 e. The number of carbonyl (C=O) groups excluding carboxylic acids is 2. The summed E-state index contributed by atoms with van der Waals surface area (Å²) in [6.45, 7) is 0.633. The molecule has 0 aromatic heterocycles. The molecule has 1 fully saturated rings. The van der Waals surface area contributed by atoms with Crippen LogP contribution in [0.4, 0.5) is 0 Å². The normalized spacial score (nSPS) is 16.8. The molecule has 7 heteroatoms. The van der Waals surface area contributed by atoms with E-state index >= 15 is 0 Å². The quantitative estimate of drug-likeness (QED) is 0.872. The number of ether oxygens (including phenoxy) is 2. The van der Waals surface area contributed by atoms with Gasteiger partial charge in [-0.05, 0) is 29.8 Å². The van der Waals surface area contributed by atoms with E-state index in [1.54, 1.807) is 42.5 Å². The van der Waals surface area contributed by atoms with Gasteiger partial charge in [-0.3, -0.25) is 9.59 Å². The molecule has 2 amide bonds. The van der Waals surface area contributed by atoms with Gasteiger partial charge in [-0.15, -0.1) is 0 Å². The van der Waals surface area contributed by atoms with E-state index in [0.29, 0.717) is 35.2 Å². The standard InChI is InChI=1S/C19H19ClN2O4/c1-25-15-4-2-3-5-16(15)26-12-17(23)22-11-10-21-19(24)18(22)13-6-8-14(20)9-7-13/h2-9,18H,10-12H2,1H3,(H,21,24). The fourth-order valence-corrected chi connectivity index (χ4v) is 3.00. The van der Waals surface area contributed by atoms with Gasteiger partial charge in [-0.2, -0.15) is 0 Å². The highest BCUT2D eigenvalue weighted by atomic mass is 35.5. The molecule has 1 unspecified atom stereocenters. The minimum atomic E-state index is -0.699. The third-order valence-corrected chi connectivity index (χ3v) is 4.39. The van der Waals surface area contributed by atoms with Crippen LogP contribution in [0.15, 0.2) is 48.5 Å². The number of hydrogen-bond donors (Lipinski definition) is 1. The molecule has 2 aromatic carbocycles. The number of nitrogens with one attached hydrogen (secondary N) is 1. The Hall–Kier alpha value is -2.73. The third kappa shape index (κ3) is 3.91. The molecule has 0 spiro atoms. The van der Waals surface area contributed by atoms with Crippen molar-refractivity contribution in [3.05, 3.63) is 59.1 Å². The van der Waals surface area contributed by atoms with Gasteiger partial charge in [0.05, 0.1) is 7.11 Å². The molecule has 1 atom stereocenters. The van der Waals surface area contributed by atoms with Crippen molar-refractivity contribution in [2.75, 3.05) is 26.8 Å². The highest BCUT2D eigenvalue weighted by Gasteiger charge is 2.34. The van der Waals surface area contributed by atoms with Crippen LogP contribution in [-0.2, 0) is 9.59 Å². The fraction of sp³-hybridized carbons (Fsp3) is 0.263. The van der Waals surface area contributed by atoms with E-state index in [1.165, 1.54) is 12.0 Å². The topological polar surface area (TPSA) is 67.9 Å². The van der Waals surface area contributed by atoms with Crippen LogP contribution >= 0.6 is 11.6 Å². The van der Waals surface area contributed by atoms with Crippen LogP contribution in [0.5, 0.6) is 11.5 Å². The summed E-state index contributed by atoms with van der Waals surface area (Å²) in [6.07, 6.45) is 0. The first kappa shape index (κ1) is 18.1. The van der Waals surface area contributed by atoms with E-state index in [-0.39, 0.29) is 18.4 Å². The monoisotopic (exact) mass is 374 g/mol. The maximum atomic E-state index is 12.7. The van der Waals surface area contributed by atoms with Crippen LogP contribution in [0.3, 0.4) is 0 Å². The number of para-hydroxylation sites is 2. The maximum absolute atomic E-state index is 12.7. The first-order valence-electron chi connectivity index (χ1n) is 8.18. The van der Waals surface area contributed by atoms with Gasteiger partial charge in [-0.1, -0.05) is 35.9 Å². The Morgan fingerprint density at radius 2 is 1.88 bits per heavy atom. The van der Waals surface area contributed by atoms with Gasteiger partial charge in [0.15, 0.2) is 18.1 Å². The lowest BCUT2D eigenvalue weighted by Gasteiger charge is -2.35. The first-order chi connectivity index (χ1) is 12.6. The van der Waals surface area contributed by atoms with Gasteiger partial charge in [0.2, 0.25) is 5.91 Å². The number of methoxy groups -OCH3 is 1. The van der Waals surface area contributed by atoms with Gasteiger partial charge >= 0.3 is 0 Å². The van der Waals surface area contributed by atoms with Crippen LogP contribution in [0.2, 0.25) is 5.02 Å². The van der Waals surface area contributed by atoms with Crippen molar-refractivity contribution in [1.29, 1.82) is 0 Å². The smallest absolute Gasteiger partial charge is 0.261 e. The molecule has 136 valence electrons. The first-order valence-corrected chi connectivity index (χ1v) is 8.56. The summed E-state index contributed by atoms with van der Waals surface area (Å²) in [7, 11) is 1.54. The number of nitrogens with zero attached hydrogens (tertiary/aromatic N) is 1. The SMILES string of the molecule is COc1ccccc1OCC(=O)N1CCNC(=O)C1c1ccc(Cl)cc1. The number of piperazine rings is 1. The summed E-state index contributed by atoms with van der Waals surface area (Å²) in [5.74, 6) is 0.536. The van der Waals surface area contributed by atoms with Crippen molar-refractivity contribution < 1.29 is 19.1 Å². The van der Waals surface area contributed by atoms with Crippen molar-refractivity contribution >= 4 is 23.4 Å². The zero-order valence-corrected chi connectivity index (χ0v) is 15.0. The Bertz CT molecular complexity index is 794. The minimum absolute atomic E-state index is 0.183. The molecular weight excluding hydrogens is 356 g/mol. The van der Waals surface area contributed by atoms with Crippen LogP contribution in [0.25, 0.3) is 0 Å². The summed E-state index contributed by atoms with van der Waals surface area (Å²) in [6, 6.07) is 13.3. The highest BCUT2D eigenvalue weighted by molar-refractivity contribution is 6.30. The second-order valence-corrected chi connectivity index (χ2v) is 6.21. The van der Waals surface area contributed by atoms with Gasteiger partial charge < -0.3 is 19.7 Å². The predicted molar refractivity (Wildman–Crippen MR) is 97.4 cm³/mol. The predicted octanol–water partition coefficient (Wildman–Crippen LogP) is 2.43. The molecule has 0 aliphatic carbocycles. The lowest BCUT2D eigenvalue weighted by molar-refractivity contribution is -0.145.